The summed E-state index contributed by atoms with van der Waals surface area (Å²) in [6.07, 6.45) is 2.28. The average molecular weight is 241 g/mol. The van der Waals surface area contributed by atoms with Crippen LogP contribution in [0.5, 0.6) is 0 Å². The molecule has 0 radical (unpaired) electrons. The van der Waals surface area contributed by atoms with Gasteiger partial charge in [0.05, 0.1) is 11.4 Å². The van der Waals surface area contributed by atoms with Gasteiger partial charge < -0.3 is 10.3 Å². The monoisotopic (exact) mass is 241 g/mol. The van der Waals surface area contributed by atoms with Crippen molar-refractivity contribution < 1.29 is 4.79 Å². The second-order valence-corrected chi connectivity index (χ2v) is 4.77. The maximum absolute atomic E-state index is 10.8. The minimum absolute atomic E-state index is 0.294. The molecule has 0 saturated carbocycles. The van der Waals surface area contributed by atoms with Crippen molar-refractivity contribution in [1.29, 1.82) is 0 Å². The van der Waals surface area contributed by atoms with E-state index in [0.29, 0.717) is 5.75 Å². The van der Waals surface area contributed by atoms with E-state index in [-0.39, 0.29) is 5.91 Å². The molecule has 5 heteroatoms. The molecular formula is C11H19N3OS. The molecule has 90 valence electrons. The lowest BCUT2D eigenvalue weighted by Gasteiger charge is -2.08. The second-order valence-electron chi connectivity index (χ2n) is 3.83. The first kappa shape index (κ1) is 13.1. The number of unbranched alkanes of at least 4 members (excludes halogenated alkanes) is 1. The van der Waals surface area contributed by atoms with Crippen LogP contribution in [0.2, 0.25) is 0 Å². The number of hydrogen-bond acceptors (Lipinski definition) is 3. The Hall–Kier alpha value is -0.970. The van der Waals surface area contributed by atoms with Crippen LogP contribution in [0.3, 0.4) is 0 Å². The second kappa shape index (κ2) is 5.94. The summed E-state index contributed by atoms with van der Waals surface area (Å²) in [5.74, 6) is -0.00694. The van der Waals surface area contributed by atoms with Crippen LogP contribution in [0.25, 0.3) is 0 Å². The van der Waals surface area contributed by atoms with Gasteiger partial charge in [0.15, 0.2) is 5.16 Å². The summed E-state index contributed by atoms with van der Waals surface area (Å²) in [4.78, 5) is 15.2. The van der Waals surface area contributed by atoms with Crippen LogP contribution in [-0.2, 0) is 11.3 Å². The van der Waals surface area contributed by atoms with Crippen molar-refractivity contribution in [1.82, 2.24) is 9.55 Å². The van der Waals surface area contributed by atoms with Gasteiger partial charge in [0.25, 0.3) is 0 Å². The lowest BCUT2D eigenvalue weighted by molar-refractivity contribution is -0.115. The van der Waals surface area contributed by atoms with E-state index in [1.807, 2.05) is 6.92 Å². The van der Waals surface area contributed by atoms with Gasteiger partial charge in [0.1, 0.15) is 0 Å². The molecule has 1 heterocycles. The van der Waals surface area contributed by atoms with Crippen LogP contribution in [-0.4, -0.2) is 21.2 Å². The first-order valence-corrected chi connectivity index (χ1v) is 6.49. The number of thioether (sulfide) groups is 1. The van der Waals surface area contributed by atoms with Gasteiger partial charge in [-0.15, -0.1) is 0 Å². The molecule has 1 amide bonds. The van der Waals surface area contributed by atoms with Crippen LogP contribution in [0.4, 0.5) is 0 Å². The Morgan fingerprint density at radius 1 is 1.50 bits per heavy atom. The summed E-state index contributed by atoms with van der Waals surface area (Å²) < 4.78 is 2.17. The number of rotatable bonds is 6. The zero-order valence-corrected chi connectivity index (χ0v) is 10.9. The van der Waals surface area contributed by atoms with Crippen LogP contribution in [0.1, 0.15) is 31.2 Å². The number of imidazole rings is 1. The summed E-state index contributed by atoms with van der Waals surface area (Å²) in [5, 5.41) is 0.905. The molecule has 4 nitrogen and oxygen atoms in total. The van der Waals surface area contributed by atoms with Crippen molar-refractivity contribution >= 4 is 17.7 Å². The maximum Gasteiger partial charge on any atom is 0.227 e. The Morgan fingerprint density at radius 2 is 2.19 bits per heavy atom. The highest BCUT2D eigenvalue weighted by Gasteiger charge is 2.11. The topological polar surface area (TPSA) is 60.9 Å². The third-order valence-electron chi connectivity index (χ3n) is 2.50. The number of primary amides is 1. The van der Waals surface area contributed by atoms with Crippen molar-refractivity contribution in [2.45, 2.75) is 45.3 Å². The first-order valence-electron chi connectivity index (χ1n) is 5.51. The van der Waals surface area contributed by atoms with E-state index in [0.717, 1.165) is 30.2 Å². The first-order chi connectivity index (χ1) is 7.56. The van der Waals surface area contributed by atoms with Gasteiger partial charge in [-0.1, -0.05) is 25.1 Å². The molecule has 1 aromatic rings. The molecule has 0 aliphatic rings. The third kappa shape index (κ3) is 3.27. The highest BCUT2D eigenvalue weighted by atomic mass is 32.2. The van der Waals surface area contributed by atoms with Gasteiger partial charge in [0.2, 0.25) is 5.91 Å². The fourth-order valence-corrected chi connectivity index (χ4v) is 2.31. The van der Waals surface area contributed by atoms with Crippen molar-refractivity contribution in [2.75, 3.05) is 5.75 Å². The molecule has 0 aliphatic heterocycles. The van der Waals surface area contributed by atoms with Gasteiger partial charge in [-0.2, -0.15) is 0 Å². The minimum Gasteiger partial charge on any atom is -0.369 e. The Balaban J connectivity index is 2.80. The van der Waals surface area contributed by atoms with Gasteiger partial charge in [0, 0.05) is 12.2 Å². The lowest BCUT2D eigenvalue weighted by atomic mass is 10.3. The number of hydrogen-bond donors (Lipinski definition) is 1. The SMILES string of the molecule is CCCCn1c(SCC(N)=O)nc(C)c1C. The Labute approximate surface area is 101 Å². The van der Waals surface area contributed by atoms with Crippen LogP contribution >= 0.6 is 11.8 Å². The van der Waals surface area contributed by atoms with Crippen LogP contribution in [0, 0.1) is 13.8 Å². The third-order valence-corrected chi connectivity index (χ3v) is 3.50. The number of carbonyl (C=O) groups is 1. The largest absolute Gasteiger partial charge is 0.369 e. The molecule has 0 saturated heterocycles. The van der Waals surface area contributed by atoms with E-state index in [1.54, 1.807) is 0 Å². The predicted molar refractivity (Wildman–Crippen MR) is 66.5 cm³/mol. The van der Waals surface area contributed by atoms with Crippen molar-refractivity contribution in [3.63, 3.8) is 0 Å². The molecule has 1 aromatic heterocycles. The number of nitrogens with zero attached hydrogens (tertiary/aromatic N) is 2. The summed E-state index contributed by atoms with van der Waals surface area (Å²) in [5.41, 5.74) is 7.35. The van der Waals surface area contributed by atoms with E-state index >= 15 is 0 Å². The molecular weight excluding hydrogens is 222 g/mol. The van der Waals surface area contributed by atoms with E-state index in [4.69, 9.17) is 5.73 Å². The molecule has 0 unspecified atom stereocenters. The average Bonchev–Trinajstić information content (AvgIpc) is 2.50. The van der Waals surface area contributed by atoms with Crippen LogP contribution < -0.4 is 5.73 Å². The van der Waals surface area contributed by atoms with E-state index in [2.05, 4.69) is 23.4 Å². The van der Waals surface area contributed by atoms with Gasteiger partial charge >= 0.3 is 0 Å². The Bertz CT molecular complexity index is 374. The molecule has 0 fully saturated rings. The van der Waals surface area contributed by atoms with Crippen molar-refractivity contribution in [3.05, 3.63) is 11.4 Å². The molecule has 0 aromatic carbocycles. The van der Waals surface area contributed by atoms with Gasteiger partial charge in [-0.05, 0) is 20.3 Å². The smallest absolute Gasteiger partial charge is 0.227 e. The number of amides is 1. The Morgan fingerprint density at radius 3 is 2.75 bits per heavy atom. The van der Waals surface area contributed by atoms with E-state index in [1.165, 1.54) is 17.5 Å². The van der Waals surface area contributed by atoms with E-state index in [9.17, 15) is 4.79 Å². The zero-order valence-electron chi connectivity index (χ0n) is 10.1. The molecule has 16 heavy (non-hydrogen) atoms. The fourth-order valence-electron chi connectivity index (χ4n) is 1.45. The van der Waals surface area contributed by atoms with E-state index < -0.39 is 0 Å². The molecule has 0 atom stereocenters. The molecule has 0 aliphatic carbocycles. The number of carbonyl (C=O) groups excluding carboxylic acids is 1. The Kier molecular flexibility index (Phi) is 4.86. The maximum atomic E-state index is 10.8. The summed E-state index contributed by atoms with van der Waals surface area (Å²) in [6.45, 7) is 7.18. The van der Waals surface area contributed by atoms with Crippen molar-refractivity contribution in [2.24, 2.45) is 5.73 Å². The quantitative estimate of drug-likeness (QED) is 0.773. The summed E-state index contributed by atoms with van der Waals surface area (Å²) in [6, 6.07) is 0. The van der Waals surface area contributed by atoms with Gasteiger partial charge in [-0.3, -0.25) is 4.79 Å². The molecule has 1 rings (SSSR count). The molecule has 0 bridgehead atoms. The normalized spacial score (nSPS) is 10.7. The van der Waals surface area contributed by atoms with Gasteiger partial charge in [-0.25, -0.2) is 4.98 Å². The highest BCUT2D eigenvalue weighted by molar-refractivity contribution is 7.99. The zero-order chi connectivity index (χ0) is 12.1. The molecule has 2 N–H and O–H groups in total. The highest BCUT2D eigenvalue weighted by Crippen LogP contribution is 2.21. The summed E-state index contributed by atoms with van der Waals surface area (Å²) in [7, 11) is 0. The van der Waals surface area contributed by atoms with Crippen LogP contribution in [0.15, 0.2) is 5.16 Å². The number of nitrogens with two attached hydrogens (primary N) is 1. The van der Waals surface area contributed by atoms with Crippen molar-refractivity contribution in [3.8, 4) is 0 Å². The molecule has 0 spiro atoms. The lowest BCUT2D eigenvalue weighted by Crippen LogP contribution is -2.14. The number of aromatic nitrogens is 2. The fraction of sp³-hybridized carbons (Fsp3) is 0.636. The standard InChI is InChI=1S/C11H19N3OS/c1-4-5-6-14-9(3)8(2)13-11(14)16-7-10(12)15/h4-7H2,1-3H3,(H2,12,15). The minimum atomic E-state index is -0.301. The predicted octanol–water partition coefficient (Wildman–Crippen LogP) is 1.88. The number of aryl methyl sites for hydroxylation is 1. The summed E-state index contributed by atoms with van der Waals surface area (Å²) >= 11 is 1.42.